The molecule has 15 nitrogen and oxygen atoms in total. The van der Waals surface area contributed by atoms with Crippen LogP contribution in [0.2, 0.25) is 10.0 Å². The van der Waals surface area contributed by atoms with Crippen molar-refractivity contribution < 1.29 is 98.4 Å². The van der Waals surface area contributed by atoms with Gasteiger partial charge in [-0.15, -0.1) is 0 Å². The van der Waals surface area contributed by atoms with E-state index in [0.717, 1.165) is 104 Å². The monoisotopic (exact) mass is 1810 g/mol. The van der Waals surface area contributed by atoms with Gasteiger partial charge in [-0.3, -0.25) is 0 Å². The number of unbranched alkanes of at least 4 members (excludes halogenated alkanes) is 14. The van der Waals surface area contributed by atoms with Crippen molar-refractivity contribution in [3.05, 3.63) is 268 Å². The summed E-state index contributed by atoms with van der Waals surface area (Å²) in [6.07, 6.45) is 8.70. The molecule has 0 spiro atoms. The molecule has 10 rings (SSSR count). The van der Waals surface area contributed by atoms with Gasteiger partial charge in [-0.2, -0.15) is 13.2 Å². The van der Waals surface area contributed by atoms with E-state index in [9.17, 15) is 72.8 Å². The molecule has 0 saturated carbocycles. The molecule has 10 aromatic carbocycles. The molecule has 0 aliphatic rings. The molecule has 0 saturated heterocycles. The van der Waals surface area contributed by atoms with Crippen LogP contribution in [-0.4, -0.2) is 129 Å². The summed E-state index contributed by atoms with van der Waals surface area (Å²) in [6.45, 7) is 4.33. The fraction of sp³-hybridized carbons (Fsp3) is 0.348. The second-order valence-electron chi connectivity index (χ2n) is 28.8. The maximum atomic E-state index is 14.0. The molecule has 0 aliphatic heterocycles. The lowest BCUT2D eigenvalue weighted by Crippen LogP contribution is -2.08. The molecule has 121 heavy (non-hydrogen) atoms. The summed E-state index contributed by atoms with van der Waals surface area (Å²) in [6, 6.07) is 55.0. The first-order valence-corrected chi connectivity index (χ1v) is 48.8. The van der Waals surface area contributed by atoms with Crippen LogP contribution < -0.4 is 0 Å². The Hall–Kier alpha value is -8.16. The molecule has 0 fully saturated rings. The lowest BCUT2D eigenvalue weighted by molar-refractivity contribution is -0.137. The smallest absolute Gasteiger partial charge is 0.396 e. The molecule has 0 radical (unpaired) electrons. The number of aliphatic hydroxyl groups is 5. The number of benzene rings is 10. The second kappa shape index (κ2) is 50.6. The zero-order valence-electron chi connectivity index (χ0n) is 67.6. The molecule has 0 unspecified atom stereocenters. The number of rotatable bonds is 39. The average molecular weight is 1820 g/mol. The van der Waals surface area contributed by atoms with E-state index in [2.05, 4.69) is 0 Å². The zero-order chi connectivity index (χ0) is 88.8. The summed E-state index contributed by atoms with van der Waals surface area (Å²) in [5.41, 5.74) is 6.67. The summed E-state index contributed by atoms with van der Waals surface area (Å²) in [5.74, 6) is -2.35. The van der Waals surface area contributed by atoms with Crippen molar-refractivity contribution in [3.8, 4) is 55.6 Å². The lowest BCUT2D eigenvalue weighted by atomic mass is 9.99. The van der Waals surface area contributed by atoms with Gasteiger partial charge in [-0.25, -0.2) is 59.7 Å². The summed E-state index contributed by atoms with van der Waals surface area (Å²) < 4.78 is 216. The SMILES string of the molecule is Cc1cc(S(=O)(=O)CCCCCCCO)ccc1-c1ccc(F)cc1F.Cc1ccc(-c2ccc(S(=O)(=O)CCCCCO)cc2)cc1.O=S(=O)(CCCCCCO)c1ccc(-c2ccc(Cl)cc2Cl)cc1.O=S(=O)(CCCCCCO)c1ccc(-c2ccccc2C(F)(F)F)cc1.O=S(=O)(CCCCCO)c1ccc(-c2ccc(F)cc2F)cc1. The molecule has 0 atom stereocenters. The normalized spacial score (nSPS) is 11.8. The largest absolute Gasteiger partial charge is 0.417 e. The number of alkyl halides is 3. The van der Waals surface area contributed by atoms with Crippen molar-refractivity contribution in [3.63, 3.8) is 0 Å². The molecule has 0 amide bonds. The van der Waals surface area contributed by atoms with Gasteiger partial charge in [0.05, 0.1) is 58.8 Å². The van der Waals surface area contributed by atoms with Crippen molar-refractivity contribution in [1.82, 2.24) is 0 Å². The number of hydrogen-bond donors (Lipinski definition) is 5. The second-order valence-corrected chi connectivity index (χ2v) is 40.2. The van der Waals surface area contributed by atoms with Crippen LogP contribution in [0.3, 0.4) is 0 Å². The molecule has 0 aliphatic carbocycles. The van der Waals surface area contributed by atoms with Crippen molar-refractivity contribution >= 4 is 72.4 Å². The summed E-state index contributed by atoms with van der Waals surface area (Å²) in [7, 11) is -16.8. The van der Waals surface area contributed by atoms with Crippen LogP contribution in [0, 0.1) is 37.1 Å². The highest BCUT2D eigenvalue weighted by molar-refractivity contribution is 7.92. The molecule has 5 N–H and O–H groups in total. The van der Waals surface area contributed by atoms with Crippen molar-refractivity contribution in [1.29, 1.82) is 0 Å². The number of hydrogen-bond acceptors (Lipinski definition) is 15. The highest BCUT2D eigenvalue weighted by Gasteiger charge is 2.33. The average Bonchev–Trinajstić information content (AvgIpc) is 0.810. The number of halogens is 9. The third-order valence-electron chi connectivity index (χ3n) is 19.4. The van der Waals surface area contributed by atoms with Gasteiger partial charge in [0.1, 0.15) is 23.3 Å². The predicted octanol–water partition coefficient (Wildman–Crippen LogP) is 21.5. The van der Waals surface area contributed by atoms with Gasteiger partial charge in [-0.05, 0) is 226 Å². The minimum absolute atomic E-state index is 0.0112. The van der Waals surface area contributed by atoms with E-state index >= 15 is 0 Å². The van der Waals surface area contributed by atoms with Crippen molar-refractivity contribution in [2.75, 3.05) is 61.8 Å². The first-order chi connectivity index (χ1) is 57.5. The topological polar surface area (TPSA) is 272 Å². The Morgan fingerprint density at radius 1 is 0.281 bits per heavy atom. The van der Waals surface area contributed by atoms with E-state index in [0.29, 0.717) is 106 Å². The third-order valence-corrected chi connectivity index (χ3v) is 29.0. The van der Waals surface area contributed by atoms with E-state index in [1.807, 2.05) is 49.4 Å². The molecule has 0 heterocycles. The van der Waals surface area contributed by atoms with Crippen LogP contribution in [0.25, 0.3) is 55.6 Å². The van der Waals surface area contributed by atoms with Crippen LogP contribution in [0.4, 0.5) is 30.7 Å². The van der Waals surface area contributed by atoms with Gasteiger partial charge in [-0.1, -0.05) is 190 Å². The van der Waals surface area contributed by atoms with E-state index in [-0.39, 0.29) is 93.2 Å². The summed E-state index contributed by atoms with van der Waals surface area (Å²) >= 11 is 12.1. The van der Waals surface area contributed by atoms with E-state index in [4.69, 9.17) is 48.7 Å². The van der Waals surface area contributed by atoms with Gasteiger partial charge in [0.2, 0.25) is 0 Å². The zero-order valence-corrected chi connectivity index (χ0v) is 73.1. The summed E-state index contributed by atoms with van der Waals surface area (Å²) in [5, 5.41) is 44.6. The Balaban J connectivity index is 0.000000235. The van der Waals surface area contributed by atoms with Crippen molar-refractivity contribution in [2.45, 2.75) is 166 Å². The number of sulfone groups is 5. The van der Waals surface area contributed by atoms with Gasteiger partial charge in [0.25, 0.3) is 0 Å². The first-order valence-electron chi connectivity index (χ1n) is 39.8. The quantitative estimate of drug-likeness (QED) is 0.0177. The van der Waals surface area contributed by atoms with Crippen LogP contribution in [0.1, 0.15) is 139 Å². The summed E-state index contributed by atoms with van der Waals surface area (Å²) in [4.78, 5) is 1.18. The Kier molecular flexibility index (Phi) is 42.5. The molecule has 29 heteroatoms. The van der Waals surface area contributed by atoms with E-state index in [1.165, 1.54) is 96.6 Å². The standard InChI is InChI=1S/C20H24F2O3S.C19H21F3O3S.C18H20Cl2O3S.C18H22O3S.C17H18F2O3S/c1-15-13-17(26(24,25)12-6-4-2-3-5-11-23)8-10-18(15)19-9-7-16(21)14-20(19)22;20-19(21,22)18-8-4-3-7-17(18)15-9-11-16(12-10-15)26(24,25)14-6-2-1-5-13-23;19-15-7-10-17(18(20)13-15)14-5-8-16(9-6-14)24(22,23)12-4-2-1-3-11-21;1-15-5-7-16(8-6-15)17-9-11-18(12-10-17)22(20,21)14-4-2-3-13-19;18-14-6-9-16(17(19)12-14)13-4-7-15(8-5-13)23(21,22)11-3-1-2-10-20/h7-10,13-14,23H,2-6,11-12H2,1H3;3-4,7-12,23H,1-2,5-6,13-14H2;5-10,13,21H,1-4,11-12H2;5-12,19H,2-4,13-14H2,1H3;4-9,12,20H,1-3,10-11H2. The Morgan fingerprint density at radius 2 is 0.570 bits per heavy atom. The van der Waals surface area contributed by atoms with Gasteiger partial charge >= 0.3 is 6.18 Å². The third kappa shape index (κ3) is 33.8. The van der Waals surface area contributed by atoms with Crippen LogP contribution in [0.15, 0.2) is 243 Å². The maximum Gasteiger partial charge on any atom is 0.417 e. The van der Waals surface area contributed by atoms with Crippen LogP contribution in [0.5, 0.6) is 0 Å². The molecule has 0 bridgehead atoms. The van der Waals surface area contributed by atoms with Crippen molar-refractivity contribution in [2.24, 2.45) is 0 Å². The molecule has 656 valence electrons. The molecular weight excluding hydrogens is 1710 g/mol. The molecular formula is C92H105Cl2F7O15S5. The van der Waals surface area contributed by atoms with Gasteiger partial charge in [0, 0.05) is 71.9 Å². The Bertz CT molecular complexity index is 5460. The maximum absolute atomic E-state index is 14.0. The van der Waals surface area contributed by atoms with Crippen LogP contribution >= 0.6 is 23.2 Å². The number of aliphatic hydroxyl groups excluding tert-OH is 5. The van der Waals surface area contributed by atoms with Gasteiger partial charge < -0.3 is 25.5 Å². The van der Waals surface area contributed by atoms with Gasteiger partial charge in [0.15, 0.2) is 49.2 Å². The Morgan fingerprint density at radius 3 is 0.926 bits per heavy atom. The number of aryl methyl sites for hydroxylation is 2. The molecule has 0 aromatic heterocycles. The first kappa shape index (κ1) is 102. The predicted molar refractivity (Wildman–Crippen MR) is 467 cm³/mol. The van der Waals surface area contributed by atoms with E-state index < -0.39 is 84.2 Å². The minimum Gasteiger partial charge on any atom is -0.396 e. The van der Waals surface area contributed by atoms with E-state index in [1.54, 1.807) is 67.6 Å². The lowest BCUT2D eigenvalue weighted by Gasteiger charge is -2.13. The minimum atomic E-state index is -4.48. The highest BCUT2D eigenvalue weighted by atomic mass is 35.5. The fourth-order valence-corrected chi connectivity index (χ4v) is 20.0. The fourth-order valence-electron chi connectivity index (χ4n) is 12.6. The highest BCUT2D eigenvalue weighted by Crippen LogP contribution is 2.38. The Labute approximate surface area is 718 Å². The molecule has 10 aromatic rings. The van der Waals surface area contributed by atoms with Crippen LogP contribution in [-0.2, 0) is 55.4 Å².